The molecule has 1 heterocycles. The standard InChI is InChI=1S/C22H28N2O3/c23-17-22(9-11-26-12-10-22)21(25)24-14-19-7-4-8-20(13-19)16-27-15-18-5-2-1-3-6-18/h1-8,13H,9-12,14-17,23H2,(H,24,25). The number of carbonyl (C=O) groups excluding carboxylic acids is 1. The molecule has 1 saturated heterocycles. The molecule has 0 atom stereocenters. The number of hydrogen-bond acceptors (Lipinski definition) is 4. The van der Waals surface area contributed by atoms with Crippen molar-refractivity contribution >= 4 is 5.91 Å². The van der Waals surface area contributed by atoms with Crippen LogP contribution in [0.2, 0.25) is 0 Å². The normalized spacial score (nSPS) is 16.0. The Morgan fingerprint density at radius 3 is 2.41 bits per heavy atom. The van der Waals surface area contributed by atoms with Crippen LogP contribution in [0, 0.1) is 5.41 Å². The van der Waals surface area contributed by atoms with Gasteiger partial charge in [0, 0.05) is 26.3 Å². The van der Waals surface area contributed by atoms with E-state index in [1.54, 1.807) is 0 Å². The molecular formula is C22H28N2O3. The number of carbonyl (C=O) groups is 1. The van der Waals surface area contributed by atoms with Gasteiger partial charge in [0.1, 0.15) is 0 Å². The number of benzene rings is 2. The maximum atomic E-state index is 12.7. The minimum absolute atomic E-state index is 0.0269. The van der Waals surface area contributed by atoms with E-state index in [2.05, 4.69) is 23.5 Å². The van der Waals surface area contributed by atoms with E-state index >= 15 is 0 Å². The van der Waals surface area contributed by atoms with E-state index in [9.17, 15) is 4.79 Å². The average molecular weight is 368 g/mol. The molecule has 0 saturated carbocycles. The van der Waals surface area contributed by atoms with Crippen molar-refractivity contribution in [1.82, 2.24) is 5.32 Å². The molecule has 0 bridgehead atoms. The van der Waals surface area contributed by atoms with Crippen LogP contribution < -0.4 is 11.1 Å². The van der Waals surface area contributed by atoms with E-state index in [0.29, 0.717) is 52.4 Å². The lowest BCUT2D eigenvalue weighted by Gasteiger charge is -2.34. The smallest absolute Gasteiger partial charge is 0.227 e. The summed E-state index contributed by atoms with van der Waals surface area (Å²) in [6, 6.07) is 18.2. The first-order valence-corrected chi connectivity index (χ1v) is 9.47. The van der Waals surface area contributed by atoms with E-state index in [-0.39, 0.29) is 5.91 Å². The first-order valence-electron chi connectivity index (χ1n) is 9.47. The molecule has 2 aromatic carbocycles. The van der Waals surface area contributed by atoms with Gasteiger partial charge in [-0.25, -0.2) is 0 Å². The summed E-state index contributed by atoms with van der Waals surface area (Å²) in [4.78, 5) is 12.7. The molecule has 0 aromatic heterocycles. The number of nitrogens with two attached hydrogens (primary N) is 1. The second-order valence-corrected chi connectivity index (χ2v) is 7.08. The van der Waals surface area contributed by atoms with Gasteiger partial charge in [-0.15, -0.1) is 0 Å². The molecule has 1 fully saturated rings. The predicted molar refractivity (Wildman–Crippen MR) is 105 cm³/mol. The fourth-order valence-corrected chi connectivity index (χ4v) is 3.35. The Kier molecular flexibility index (Phi) is 6.98. The van der Waals surface area contributed by atoms with Crippen LogP contribution in [0.1, 0.15) is 29.5 Å². The van der Waals surface area contributed by atoms with Gasteiger partial charge in [-0.05, 0) is 29.5 Å². The zero-order valence-corrected chi connectivity index (χ0v) is 15.7. The quantitative estimate of drug-likeness (QED) is 0.751. The molecule has 27 heavy (non-hydrogen) atoms. The lowest BCUT2D eigenvalue weighted by molar-refractivity contribution is -0.136. The molecule has 0 spiro atoms. The third-order valence-electron chi connectivity index (χ3n) is 5.15. The number of hydrogen-bond donors (Lipinski definition) is 2. The van der Waals surface area contributed by atoms with Gasteiger partial charge in [-0.2, -0.15) is 0 Å². The molecule has 3 rings (SSSR count). The summed E-state index contributed by atoms with van der Waals surface area (Å²) in [5, 5.41) is 3.05. The van der Waals surface area contributed by atoms with Gasteiger partial charge in [-0.3, -0.25) is 4.79 Å². The third kappa shape index (κ3) is 5.39. The third-order valence-corrected chi connectivity index (χ3v) is 5.15. The van der Waals surface area contributed by atoms with Crippen LogP contribution in [0.3, 0.4) is 0 Å². The van der Waals surface area contributed by atoms with Gasteiger partial charge in [0.05, 0.1) is 18.6 Å². The minimum Gasteiger partial charge on any atom is -0.381 e. The maximum absolute atomic E-state index is 12.7. The summed E-state index contributed by atoms with van der Waals surface area (Å²) in [7, 11) is 0. The summed E-state index contributed by atoms with van der Waals surface area (Å²) in [5.41, 5.74) is 8.72. The van der Waals surface area contributed by atoms with E-state index in [1.807, 2.05) is 36.4 Å². The molecule has 1 aliphatic rings. The number of rotatable bonds is 8. The highest BCUT2D eigenvalue weighted by molar-refractivity contribution is 5.83. The van der Waals surface area contributed by atoms with E-state index in [1.165, 1.54) is 0 Å². The highest BCUT2D eigenvalue weighted by Gasteiger charge is 2.38. The SMILES string of the molecule is NCC1(C(=O)NCc2cccc(COCc3ccccc3)c2)CCOCC1. The second-order valence-electron chi connectivity index (χ2n) is 7.08. The first-order chi connectivity index (χ1) is 13.2. The highest BCUT2D eigenvalue weighted by Crippen LogP contribution is 2.29. The van der Waals surface area contributed by atoms with E-state index < -0.39 is 5.41 Å². The Hall–Kier alpha value is -2.21. The molecule has 1 amide bonds. The largest absolute Gasteiger partial charge is 0.381 e. The van der Waals surface area contributed by atoms with Crippen molar-refractivity contribution in [2.45, 2.75) is 32.6 Å². The molecule has 1 aliphatic heterocycles. The first kappa shape index (κ1) is 19.5. The lowest BCUT2D eigenvalue weighted by atomic mass is 9.79. The van der Waals surface area contributed by atoms with Gasteiger partial charge in [0.2, 0.25) is 5.91 Å². The topological polar surface area (TPSA) is 73.6 Å². The maximum Gasteiger partial charge on any atom is 0.227 e. The fraction of sp³-hybridized carbons (Fsp3) is 0.409. The minimum atomic E-state index is -0.491. The monoisotopic (exact) mass is 368 g/mol. The summed E-state index contributed by atoms with van der Waals surface area (Å²) < 4.78 is 11.2. The zero-order valence-electron chi connectivity index (χ0n) is 15.7. The molecular weight excluding hydrogens is 340 g/mol. The van der Waals surface area contributed by atoms with Crippen molar-refractivity contribution in [3.05, 3.63) is 71.3 Å². The number of nitrogens with one attached hydrogen (secondary N) is 1. The Morgan fingerprint density at radius 2 is 1.67 bits per heavy atom. The predicted octanol–water partition coefficient (Wildman–Crippen LogP) is 2.78. The molecule has 144 valence electrons. The van der Waals surface area contributed by atoms with Crippen LogP contribution in [0.5, 0.6) is 0 Å². The summed E-state index contributed by atoms with van der Waals surface area (Å²) in [6.45, 7) is 3.17. The Bertz CT molecular complexity index is 727. The van der Waals surface area contributed by atoms with Crippen molar-refractivity contribution in [2.75, 3.05) is 19.8 Å². The van der Waals surface area contributed by atoms with Crippen molar-refractivity contribution in [1.29, 1.82) is 0 Å². The summed E-state index contributed by atoms with van der Waals surface area (Å²) in [5.74, 6) is 0.0269. The van der Waals surface area contributed by atoms with E-state index in [4.69, 9.17) is 15.2 Å². The van der Waals surface area contributed by atoms with Gasteiger partial charge >= 0.3 is 0 Å². The molecule has 0 aliphatic carbocycles. The van der Waals surface area contributed by atoms with Crippen LogP contribution in [0.25, 0.3) is 0 Å². The molecule has 0 radical (unpaired) electrons. The van der Waals surface area contributed by atoms with Crippen molar-refractivity contribution in [3.8, 4) is 0 Å². The van der Waals surface area contributed by atoms with Crippen molar-refractivity contribution < 1.29 is 14.3 Å². The number of ether oxygens (including phenoxy) is 2. The Labute approximate surface area is 160 Å². The fourth-order valence-electron chi connectivity index (χ4n) is 3.35. The van der Waals surface area contributed by atoms with Crippen LogP contribution in [-0.4, -0.2) is 25.7 Å². The van der Waals surface area contributed by atoms with Crippen LogP contribution in [0.15, 0.2) is 54.6 Å². The van der Waals surface area contributed by atoms with Gasteiger partial charge in [-0.1, -0.05) is 54.6 Å². The van der Waals surface area contributed by atoms with Crippen molar-refractivity contribution in [3.63, 3.8) is 0 Å². The van der Waals surface area contributed by atoms with Crippen LogP contribution in [0.4, 0.5) is 0 Å². The molecule has 5 nitrogen and oxygen atoms in total. The van der Waals surface area contributed by atoms with Gasteiger partial charge < -0.3 is 20.5 Å². The van der Waals surface area contributed by atoms with Crippen molar-refractivity contribution in [2.24, 2.45) is 11.1 Å². The summed E-state index contributed by atoms with van der Waals surface area (Å²) in [6.07, 6.45) is 1.37. The van der Waals surface area contributed by atoms with E-state index in [0.717, 1.165) is 16.7 Å². The highest BCUT2D eigenvalue weighted by atomic mass is 16.5. The molecule has 5 heteroatoms. The van der Waals surface area contributed by atoms with Gasteiger partial charge in [0.15, 0.2) is 0 Å². The molecule has 2 aromatic rings. The molecule has 3 N–H and O–H groups in total. The Balaban J connectivity index is 1.50. The van der Waals surface area contributed by atoms with Crippen LogP contribution >= 0.6 is 0 Å². The lowest BCUT2D eigenvalue weighted by Crippen LogP contribution is -2.48. The summed E-state index contributed by atoms with van der Waals surface area (Å²) >= 11 is 0. The van der Waals surface area contributed by atoms with Crippen LogP contribution in [-0.2, 0) is 34.0 Å². The van der Waals surface area contributed by atoms with Gasteiger partial charge in [0.25, 0.3) is 0 Å². The molecule has 0 unspecified atom stereocenters. The number of amides is 1. The zero-order chi connectivity index (χ0) is 19.0. The Morgan fingerprint density at radius 1 is 1.00 bits per heavy atom. The average Bonchev–Trinajstić information content (AvgIpc) is 2.73. The second kappa shape index (κ2) is 9.65.